The zero-order chi connectivity index (χ0) is 17.5. The Bertz CT molecular complexity index is 841. The largest absolute Gasteiger partial charge is 0.239 e. The van der Waals surface area contributed by atoms with Gasteiger partial charge in [-0.3, -0.25) is 0 Å². The summed E-state index contributed by atoms with van der Waals surface area (Å²) in [5, 5.41) is 0.860. The van der Waals surface area contributed by atoms with Crippen LogP contribution in [-0.4, -0.2) is 40.5 Å². The Hall–Kier alpha value is -1.38. The molecule has 130 valence electrons. The molecule has 2 aromatic heterocycles. The molecule has 6 nitrogen and oxygen atoms in total. The van der Waals surface area contributed by atoms with E-state index in [1.54, 1.807) is 11.3 Å². The Morgan fingerprint density at radius 2 is 1.92 bits per heavy atom. The molecule has 1 saturated heterocycles. The summed E-state index contributed by atoms with van der Waals surface area (Å²) in [5.41, 5.74) is 2.61. The molecule has 3 rings (SSSR count). The number of hydrogen-bond acceptors (Lipinski definition) is 6. The van der Waals surface area contributed by atoms with Crippen molar-refractivity contribution in [3.8, 4) is 10.7 Å². The van der Waals surface area contributed by atoms with E-state index in [9.17, 15) is 8.42 Å². The zero-order valence-electron chi connectivity index (χ0n) is 14.4. The van der Waals surface area contributed by atoms with E-state index >= 15 is 0 Å². The third kappa shape index (κ3) is 3.50. The second-order valence-electron chi connectivity index (χ2n) is 6.30. The molecule has 3 heterocycles. The highest BCUT2D eigenvalue weighted by atomic mass is 32.2. The number of nitrogens with zero attached hydrogens (tertiary/aromatic N) is 4. The minimum Gasteiger partial charge on any atom is -0.239 e. The van der Waals surface area contributed by atoms with E-state index in [-0.39, 0.29) is 6.04 Å². The second-order valence-corrected chi connectivity index (χ2v) is 9.44. The number of aryl methyl sites for hydroxylation is 3. The van der Waals surface area contributed by atoms with Gasteiger partial charge in [0.15, 0.2) is 0 Å². The lowest BCUT2D eigenvalue weighted by molar-refractivity contribution is 0.248. The molecule has 0 radical (unpaired) electrons. The van der Waals surface area contributed by atoms with Gasteiger partial charge >= 0.3 is 0 Å². The van der Waals surface area contributed by atoms with Crippen LogP contribution in [0.5, 0.6) is 0 Å². The number of aromatic nitrogens is 3. The van der Waals surface area contributed by atoms with Gasteiger partial charge in [-0.1, -0.05) is 6.42 Å². The maximum Gasteiger partial charge on any atom is 0.211 e. The Balaban J connectivity index is 2.04. The molecule has 2 aromatic rings. The van der Waals surface area contributed by atoms with Crippen LogP contribution in [-0.2, 0) is 10.0 Å². The van der Waals surface area contributed by atoms with Crippen molar-refractivity contribution in [1.82, 2.24) is 19.3 Å². The van der Waals surface area contributed by atoms with Crippen LogP contribution >= 0.6 is 11.3 Å². The molecule has 0 unspecified atom stereocenters. The highest BCUT2D eigenvalue weighted by Gasteiger charge is 2.32. The van der Waals surface area contributed by atoms with Crippen molar-refractivity contribution < 1.29 is 8.42 Å². The predicted octanol–water partition coefficient (Wildman–Crippen LogP) is 3.01. The molecule has 0 aromatic carbocycles. The van der Waals surface area contributed by atoms with Gasteiger partial charge in [0.2, 0.25) is 10.0 Å². The van der Waals surface area contributed by atoms with E-state index in [1.807, 2.05) is 26.8 Å². The summed E-state index contributed by atoms with van der Waals surface area (Å²) in [7, 11) is -3.28. The predicted molar refractivity (Wildman–Crippen MR) is 95.5 cm³/mol. The third-order valence-electron chi connectivity index (χ3n) is 4.30. The van der Waals surface area contributed by atoms with Crippen molar-refractivity contribution in [2.75, 3.05) is 12.8 Å². The number of sulfonamides is 1. The fraction of sp³-hybridized carbons (Fsp3) is 0.562. The summed E-state index contributed by atoms with van der Waals surface area (Å²) >= 11 is 1.60. The Labute approximate surface area is 147 Å². The lowest BCUT2D eigenvalue weighted by atomic mass is 10.0. The second kappa shape index (κ2) is 6.50. The maximum atomic E-state index is 12.1. The van der Waals surface area contributed by atoms with E-state index in [2.05, 4.69) is 15.0 Å². The monoisotopic (exact) mass is 366 g/mol. The van der Waals surface area contributed by atoms with Crippen LogP contribution in [0, 0.1) is 20.8 Å². The minimum atomic E-state index is -3.28. The first-order chi connectivity index (χ1) is 11.3. The first-order valence-corrected chi connectivity index (χ1v) is 10.7. The number of thiazole rings is 1. The summed E-state index contributed by atoms with van der Waals surface area (Å²) in [6, 6.07) is 1.63. The van der Waals surface area contributed by atoms with Gasteiger partial charge in [0.05, 0.1) is 18.0 Å². The minimum absolute atomic E-state index is 0.283. The third-order valence-corrected chi connectivity index (χ3v) is 6.68. The van der Waals surface area contributed by atoms with Crippen LogP contribution in [0.4, 0.5) is 0 Å². The van der Waals surface area contributed by atoms with E-state index in [0.29, 0.717) is 12.4 Å². The van der Waals surface area contributed by atoms with E-state index in [0.717, 1.165) is 41.4 Å². The summed E-state index contributed by atoms with van der Waals surface area (Å²) < 4.78 is 25.8. The van der Waals surface area contributed by atoms with Crippen molar-refractivity contribution in [2.45, 2.75) is 46.1 Å². The molecule has 0 saturated carbocycles. The van der Waals surface area contributed by atoms with E-state index in [4.69, 9.17) is 0 Å². The molecule has 0 N–H and O–H groups in total. The van der Waals surface area contributed by atoms with Crippen molar-refractivity contribution >= 4 is 21.4 Å². The van der Waals surface area contributed by atoms with Crippen molar-refractivity contribution in [1.29, 1.82) is 0 Å². The summed E-state index contributed by atoms with van der Waals surface area (Å²) in [5.74, 6) is 0.584. The smallest absolute Gasteiger partial charge is 0.211 e. The topological polar surface area (TPSA) is 76.1 Å². The van der Waals surface area contributed by atoms with Crippen LogP contribution in [0.15, 0.2) is 6.07 Å². The average Bonchev–Trinajstić information content (AvgIpc) is 2.85. The zero-order valence-corrected chi connectivity index (χ0v) is 16.0. The molecule has 1 atom stereocenters. The molecule has 0 bridgehead atoms. The molecule has 1 aliphatic heterocycles. The lowest BCUT2D eigenvalue weighted by Crippen LogP contribution is -2.38. The summed E-state index contributed by atoms with van der Waals surface area (Å²) in [6.07, 6.45) is 3.88. The summed E-state index contributed by atoms with van der Waals surface area (Å²) in [4.78, 5) is 14.9. The molecule has 0 spiro atoms. The Morgan fingerprint density at radius 3 is 2.54 bits per heavy atom. The molecule has 24 heavy (non-hydrogen) atoms. The van der Waals surface area contributed by atoms with Gasteiger partial charge in [0.1, 0.15) is 16.5 Å². The SMILES string of the molecule is Cc1cc(-c2nc(C)c(C)s2)nc([C@@H]2CCCCN2S(C)(=O)=O)n1. The van der Waals surface area contributed by atoms with Crippen molar-refractivity contribution in [3.63, 3.8) is 0 Å². The van der Waals surface area contributed by atoms with Crippen LogP contribution < -0.4 is 0 Å². The van der Waals surface area contributed by atoms with Crippen LogP contribution in [0.2, 0.25) is 0 Å². The van der Waals surface area contributed by atoms with Gasteiger partial charge in [-0.05, 0) is 39.7 Å². The Kier molecular flexibility index (Phi) is 4.72. The molecule has 1 aliphatic rings. The van der Waals surface area contributed by atoms with Gasteiger partial charge in [-0.2, -0.15) is 4.31 Å². The number of hydrogen-bond donors (Lipinski definition) is 0. The normalized spacial score (nSPS) is 19.6. The highest BCUT2D eigenvalue weighted by Crippen LogP contribution is 2.33. The highest BCUT2D eigenvalue weighted by molar-refractivity contribution is 7.88. The first-order valence-electron chi connectivity index (χ1n) is 8.02. The fourth-order valence-corrected chi connectivity index (χ4v) is 4.99. The molecule has 1 fully saturated rings. The molecule has 8 heteroatoms. The van der Waals surface area contributed by atoms with Gasteiger partial charge in [0.25, 0.3) is 0 Å². The quantitative estimate of drug-likeness (QED) is 0.834. The van der Waals surface area contributed by atoms with Gasteiger partial charge in [0, 0.05) is 17.1 Å². The lowest BCUT2D eigenvalue weighted by Gasteiger charge is -2.32. The van der Waals surface area contributed by atoms with Crippen molar-refractivity contribution in [2.24, 2.45) is 0 Å². The van der Waals surface area contributed by atoms with Gasteiger partial charge in [-0.25, -0.2) is 23.4 Å². The Morgan fingerprint density at radius 1 is 1.17 bits per heavy atom. The molecule has 0 amide bonds. The summed E-state index contributed by atoms with van der Waals surface area (Å²) in [6.45, 7) is 6.47. The molecular weight excluding hydrogens is 344 g/mol. The van der Waals surface area contributed by atoms with Gasteiger partial charge in [-0.15, -0.1) is 11.3 Å². The van der Waals surface area contributed by atoms with Gasteiger partial charge < -0.3 is 0 Å². The first kappa shape index (κ1) is 17.4. The number of rotatable bonds is 3. The standard InChI is InChI=1S/C16H22N4O2S2/c1-10-9-13(16-18-11(2)12(3)23-16)19-15(17-10)14-7-5-6-8-20(14)24(4,21)22/h9,14H,5-8H2,1-4H3/t14-/m0/s1. The van der Waals surface area contributed by atoms with E-state index in [1.165, 1.54) is 15.4 Å². The maximum absolute atomic E-state index is 12.1. The molecule has 0 aliphatic carbocycles. The van der Waals surface area contributed by atoms with E-state index < -0.39 is 10.0 Å². The van der Waals surface area contributed by atoms with Crippen LogP contribution in [0.25, 0.3) is 10.7 Å². The number of piperidine rings is 1. The average molecular weight is 367 g/mol. The molecular formula is C16H22N4O2S2. The van der Waals surface area contributed by atoms with Crippen LogP contribution in [0.1, 0.15) is 47.4 Å². The van der Waals surface area contributed by atoms with Crippen LogP contribution in [0.3, 0.4) is 0 Å². The van der Waals surface area contributed by atoms with Crippen molar-refractivity contribution in [3.05, 3.63) is 28.2 Å². The fourth-order valence-electron chi connectivity index (χ4n) is 2.99.